The molecule has 0 amide bonds. The van der Waals surface area contributed by atoms with Crippen LogP contribution < -0.4 is 47.7 Å². The van der Waals surface area contributed by atoms with Crippen LogP contribution in [0.25, 0.3) is 33.4 Å². The lowest BCUT2D eigenvalue weighted by Gasteiger charge is -2.41. The van der Waals surface area contributed by atoms with E-state index in [1.807, 2.05) is 182 Å². The lowest BCUT2D eigenvalue weighted by molar-refractivity contribution is 0.591. The Morgan fingerprint density at radius 1 is 0.143 bits per heavy atom. The molecule has 3 aliphatic rings. The van der Waals surface area contributed by atoms with Gasteiger partial charge in [0, 0.05) is 47.7 Å². The molecule has 0 aliphatic heterocycles. The van der Waals surface area contributed by atoms with Gasteiger partial charge in [0.1, 0.15) is 0 Å². The molecule has 0 heterocycles. The van der Waals surface area contributed by atoms with E-state index >= 15 is 13.7 Å². The second-order valence-electron chi connectivity index (χ2n) is 27.8. The first-order chi connectivity index (χ1) is 51.7. The van der Waals surface area contributed by atoms with Gasteiger partial charge in [-0.15, -0.1) is 0 Å². The highest BCUT2D eigenvalue weighted by Gasteiger charge is 2.54. The third kappa shape index (κ3) is 9.42. The smallest absolute Gasteiger partial charge is 0.171 e. The molecule has 105 heavy (non-hydrogen) atoms. The molecule has 3 nitrogen and oxygen atoms in total. The molecule has 0 unspecified atom stereocenters. The van der Waals surface area contributed by atoms with Gasteiger partial charge in [-0.2, -0.15) is 0 Å². The van der Waals surface area contributed by atoms with Gasteiger partial charge in [0.15, 0.2) is 21.4 Å². The zero-order valence-electron chi connectivity index (χ0n) is 57.4. The molecule has 498 valence electrons. The lowest BCUT2D eigenvalue weighted by Crippen LogP contribution is -2.35. The molecule has 16 aromatic carbocycles. The second-order valence-corrected chi connectivity index (χ2v) is 36.1. The van der Waals surface area contributed by atoms with Crippen LogP contribution in [0.2, 0.25) is 0 Å². The Kier molecular flexibility index (Phi) is 15.4. The van der Waals surface area contributed by atoms with E-state index in [2.05, 4.69) is 237 Å². The van der Waals surface area contributed by atoms with Crippen molar-refractivity contribution in [2.75, 3.05) is 0 Å². The van der Waals surface area contributed by atoms with Crippen molar-refractivity contribution in [2.24, 2.45) is 0 Å². The summed E-state index contributed by atoms with van der Waals surface area (Å²) in [6, 6.07) is 147. The first kappa shape index (κ1) is 64.1. The Morgan fingerprint density at radius 3 is 0.457 bits per heavy atom. The van der Waals surface area contributed by atoms with Crippen LogP contribution in [0.3, 0.4) is 0 Å². The van der Waals surface area contributed by atoms with Crippen LogP contribution in [0.5, 0.6) is 0 Å². The summed E-state index contributed by atoms with van der Waals surface area (Å²) < 4.78 is 49.6. The summed E-state index contributed by atoms with van der Waals surface area (Å²) in [4.78, 5) is 0. The maximum Gasteiger partial charge on any atom is 0.171 e. The molecule has 0 spiro atoms. The van der Waals surface area contributed by atoms with E-state index < -0.39 is 37.7 Å². The molecule has 0 saturated carbocycles. The van der Waals surface area contributed by atoms with Crippen LogP contribution >= 0.6 is 21.4 Å². The van der Waals surface area contributed by atoms with Gasteiger partial charge in [-0.05, 0) is 100 Å². The fourth-order valence-electron chi connectivity index (χ4n) is 18.3. The molecule has 3 aliphatic carbocycles. The van der Waals surface area contributed by atoms with Crippen molar-refractivity contribution in [1.82, 2.24) is 0 Å². The van der Waals surface area contributed by atoms with Crippen LogP contribution in [0.15, 0.2) is 419 Å². The van der Waals surface area contributed by atoms with Crippen molar-refractivity contribution in [3.63, 3.8) is 0 Å². The molecular weight excluding hydrogens is 1330 g/mol. The van der Waals surface area contributed by atoms with Crippen molar-refractivity contribution in [3.05, 3.63) is 485 Å². The Bertz CT molecular complexity index is 5280. The van der Waals surface area contributed by atoms with Crippen molar-refractivity contribution >= 4 is 69.2 Å². The maximum atomic E-state index is 16.5. The average molecular weight is 1400 g/mol. The largest absolute Gasteiger partial charge is 0.309 e. The monoisotopic (exact) mass is 1400 g/mol. The fraction of sp³-hybridized carbons (Fsp3) is 0.0303. The van der Waals surface area contributed by atoms with Gasteiger partial charge < -0.3 is 13.7 Å². The number of hydrogen-bond acceptors (Lipinski definition) is 3. The summed E-state index contributed by atoms with van der Waals surface area (Å²) in [5.41, 5.74) is 16.7. The molecule has 19 rings (SSSR count). The Balaban J connectivity index is 0.953. The van der Waals surface area contributed by atoms with Crippen molar-refractivity contribution in [3.8, 4) is 33.4 Å². The highest BCUT2D eigenvalue weighted by atomic mass is 31.2. The van der Waals surface area contributed by atoms with E-state index in [-0.39, 0.29) is 0 Å². The number of benzene rings is 16. The summed E-state index contributed by atoms with van der Waals surface area (Å²) in [5, 5.41) is 6.83. The first-order valence-electron chi connectivity index (χ1n) is 35.9. The van der Waals surface area contributed by atoms with Crippen molar-refractivity contribution in [1.29, 1.82) is 0 Å². The van der Waals surface area contributed by atoms with Gasteiger partial charge >= 0.3 is 0 Å². The van der Waals surface area contributed by atoms with Gasteiger partial charge in [-0.3, -0.25) is 0 Å². The van der Waals surface area contributed by atoms with Crippen molar-refractivity contribution < 1.29 is 13.7 Å². The van der Waals surface area contributed by atoms with Crippen LogP contribution in [0.1, 0.15) is 66.8 Å². The summed E-state index contributed by atoms with van der Waals surface area (Å²) in [5.74, 6) is 0. The third-order valence-corrected chi connectivity index (χ3v) is 32.0. The molecule has 0 bridgehead atoms. The lowest BCUT2D eigenvalue weighted by atomic mass is 9.60. The first-order valence-corrected chi connectivity index (χ1v) is 41.1. The molecule has 6 heteroatoms. The zero-order valence-corrected chi connectivity index (χ0v) is 60.1. The van der Waals surface area contributed by atoms with E-state index in [9.17, 15) is 0 Å². The van der Waals surface area contributed by atoms with E-state index in [0.29, 0.717) is 0 Å². The topological polar surface area (TPSA) is 51.2 Å². The highest BCUT2D eigenvalue weighted by molar-refractivity contribution is 7.86. The standard InChI is InChI=1S/C99H69O3P3/c100-103(76-31-7-1-8-32-76,77-33-9-2-10-34-77)82-61-55-70(56-62-82)97(91-49-25-19-43-85(91)86-44-20-26-50-92(86)97)73-67-74(98(93-51-27-21-45-87(93)88-46-22-28-52-94(88)98)71-57-63-83(64-58-71)104(101,78-35-11-3-12-36-78)79-37-13-4-14-38-79)69-75(68-73)99(95-53-29-23-47-89(95)90-48-24-30-54-96(90)99)72-59-65-84(66-60-72)105(102,80-39-15-5-16-40-80)81-41-17-6-18-42-81/h1-69H. The minimum atomic E-state index is -3.44. The maximum absolute atomic E-state index is 16.5. The molecule has 0 radical (unpaired) electrons. The fourth-order valence-corrected chi connectivity index (χ4v) is 26.2. The number of hydrogen-bond donors (Lipinski definition) is 0. The Morgan fingerprint density at radius 2 is 0.286 bits per heavy atom. The average Bonchev–Trinajstić information content (AvgIpc) is 1.55. The summed E-state index contributed by atoms with van der Waals surface area (Å²) in [7, 11) is -10.3. The molecule has 0 saturated heterocycles. The van der Waals surface area contributed by atoms with E-state index in [1.165, 1.54) is 0 Å². The van der Waals surface area contributed by atoms with E-state index in [4.69, 9.17) is 0 Å². The molecule has 0 aromatic heterocycles. The predicted octanol–water partition coefficient (Wildman–Crippen LogP) is 19.7. The molecule has 0 fully saturated rings. The number of rotatable bonds is 15. The SMILES string of the molecule is O=P(c1ccccc1)(c1ccccc1)c1ccc(C2(c3cc(C4(c5ccc(P(=O)(c6ccccc6)c6ccccc6)cc5)c5ccccc5-c5ccccc54)cc(C4(c5ccc(P(=O)(c6ccccc6)c6ccccc6)cc5)c5ccccc5-c5ccccc54)c3)c3ccccc3-c3ccccc32)cc1. The van der Waals surface area contributed by atoms with Crippen molar-refractivity contribution in [2.45, 2.75) is 16.2 Å². The van der Waals surface area contributed by atoms with Crippen LogP contribution in [-0.4, -0.2) is 0 Å². The molecule has 0 N–H and O–H groups in total. The summed E-state index contributed by atoms with van der Waals surface area (Å²) in [6.07, 6.45) is 0. The van der Waals surface area contributed by atoms with E-state index in [1.54, 1.807) is 0 Å². The van der Waals surface area contributed by atoms with E-state index in [0.717, 1.165) is 148 Å². The van der Waals surface area contributed by atoms with Gasteiger partial charge in [0.25, 0.3) is 0 Å². The minimum Gasteiger partial charge on any atom is -0.309 e. The third-order valence-electron chi connectivity index (χ3n) is 22.8. The highest BCUT2D eigenvalue weighted by Crippen LogP contribution is 2.64. The van der Waals surface area contributed by atoms with Gasteiger partial charge in [-0.25, -0.2) is 0 Å². The quantitative estimate of drug-likeness (QED) is 0.0961. The van der Waals surface area contributed by atoms with Crippen LogP contribution in [0, 0.1) is 0 Å². The predicted molar refractivity (Wildman–Crippen MR) is 437 cm³/mol. The summed E-state index contributed by atoms with van der Waals surface area (Å²) >= 11 is 0. The molecular formula is C99H69O3P3. The van der Waals surface area contributed by atoms with Gasteiger partial charge in [0.2, 0.25) is 0 Å². The normalized spacial score (nSPS) is 14.1. The van der Waals surface area contributed by atoms with Crippen LogP contribution in [0.4, 0.5) is 0 Å². The van der Waals surface area contributed by atoms with Gasteiger partial charge in [-0.1, -0.05) is 419 Å². The molecule has 0 atom stereocenters. The number of fused-ring (bicyclic) bond motifs is 9. The zero-order chi connectivity index (χ0) is 70.4. The Labute approximate surface area is 613 Å². The summed E-state index contributed by atoms with van der Waals surface area (Å²) in [6.45, 7) is 0. The van der Waals surface area contributed by atoms with Gasteiger partial charge in [0.05, 0.1) is 16.2 Å². The Hall–Kier alpha value is -11.8. The minimum absolute atomic E-state index is 0.740. The van der Waals surface area contributed by atoms with Crippen LogP contribution in [-0.2, 0) is 29.9 Å². The molecule has 16 aromatic rings. The second kappa shape index (κ2) is 25.3.